The zero-order chi connectivity index (χ0) is 56.8. The number of nitrogens with zero attached hydrogens (tertiary/aromatic N) is 8. The summed E-state index contributed by atoms with van der Waals surface area (Å²) in [5, 5.41) is 54.4. The average Bonchev–Trinajstić information content (AvgIpc) is 3.52. The highest BCUT2D eigenvalue weighted by Gasteiger charge is 2.24. The molecule has 0 spiro atoms. The molecule has 0 aliphatic rings. The summed E-state index contributed by atoms with van der Waals surface area (Å²) in [5.41, 5.74) is 20.8. The molecule has 0 atom stereocenters. The molecule has 11 aromatic carbocycles. The van der Waals surface area contributed by atoms with Gasteiger partial charge in [0, 0.05) is 38.2 Å². The van der Waals surface area contributed by atoms with E-state index >= 15 is 0 Å². The Morgan fingerprint density at radius 2 is 0.560 bits per heavy atom. The van der Waals surface area contributed by atoms with Crippen molar-refractivity contribution in [2.24, 2.45) is 0 Å². The van der Waals surface area contributed by atoms with Crippen molar-refractivity contribution in [3.63, 3.8) is 0 Å². The number of hydrogen-bond donors (Lipinski definition) is 0. The molecule has 14 aromatic rings. The maximum atomic E-state index is 11.8. The van der Waals surface area contributed by atoms with Crippen LogP contribution in [0, 0.1) is 56.7 Å². The lowest BCUT2D eigenvalue weighted by Gasteiger charge is -2.20. The monoisotopic (exact) mass is 1070 g/mol. The largest absolute Gasteiger partial charge is 0.309 e. The van der Waals surface area contributed by atoms with E-state index in [1.165, 1.54) is 0 Å². The molecule has 0 saturated heterocycles. The number of nitriles is 5. The standard InChI is InChI=1S/C76H42N8/c77-43-48-11-19-52(20-12-48)58-27-31-71-65(35-58)66-36-59(53-21-13-49(44-78)14-22-53)28-32-72(66)83(71)75-42-64(62-39-69(56-7-3-1-4-8-56)82-70(40-62)57-9-5-2-6-10-57)76(41-63(75)47-81)84-73-33-29-60(54-23-15-50(45-79)16-24-54)37-67(73)68-38-61(30-34-74(68)84)55-25-17-51(46-80)18-26-55/h1-42H. The van der Waals surface area contributed by atoms with E-state index in [-0.39, 0.29) is 0 Å². The molecular weight excluding hydrogens is 1020 g/mol. The van der Waals surface area contributed by atoms with E-state index in [9.17, 15) is 26.3 Å². The quantitative estimate of drug-likeness (QED) is 0.141. The molecule has 84 heavy (non-hydrogen) atoms. The molecule has 3 aromatic heterocycles. The molecule has 0 unspecified atom stereocenters. The molecule has 8 heteroatoms. The summed E-state index contributed by atoms with van der Waals surface area (Å²) in [6.45, 7) is 0. The van der Waals surface area contributed by atoms with Crippen molar-refractivity contribution in [1.29, 1.82) is 26.3 Å². The summed E-state index contributed by atoms with van der Waals surface area (Å²) in [6, 6.07) is 96.8. The minimum absolute atomic E-state index is 0.443. The number of benzene rings is 11. The Bertz CT molecular complexity index is 4910. The van der Waals surface area contributed by atoms with Gasteiger partial charge in [-0.3, -0.25) is 0 Å². The van der Waals surface area contributed by atoms with Gasteiger partial charge in [-0.15, -0.1) is 0 Å². The van der Waals surface area contributed by atoms with Gasteiger partial charge in [-0.25, -0.2) is 4.98 Å². The summed E-state index contributed by atoms with van der Waals surface area (Å²) in [6.07, 6.45) is 0. The van der Waals surface area contributed by atoms with Crippen LogP contribution >= 0.6 is 0 Å². The second-order valence-electron chi connectivity index (χ2n) is 20.7. The van der Waals surface area contributed by atoms with Gasteiger partial charge < -0.3 is 9.13 Å². The van der Waals surface area contributed by atoms with Crippen LogP contribution in [0.1, 0.15) is 27.8 Å². The highest BCUT2D eigenvalue weighted by Crippen LogP contribution is 2.45. The predicted octanol–water partition coefficient (Wildman–Crippen LogP) is 18.3. The van der Waals surface area contributed by atoms with Crippen molar-refractivity contribution in [2.45, 2.75) is 0 Å². The van der Waals surface area contributed by atoms with Crippen LogP contribution in [0.5, 0.6) is 0 Å². The Labute approximate surface area is 484 Å². The number of pyridine rings is 1. The zero-order valence-corrected chi connectivity index (χ0v) is 44.8. The third-order valence-corrected chi connectivity index (χ3v) is 15.9. The molecule has 0 aliphatic carbocycles. The summed E-state index contributed by atoms with van der Waals surface area (Å²) in [4.78, 5) is 5.33. The molecule has 0 amide bonds. The highest BCUT2D eigenvalue weighted by molar-refractivity contribution is 6.14. The first-order valence-corrected chi connectivity index (χ1v) is 27.3. The second-order valence-corrected chi connectivity index (χ2v) is 20.7. The maximum absolute atomic E-state index is 11.8. The Morgan fingerprint density at radius 3 is 0.869 bits per heavy atom. The van der Waals surface area contributed by atoms with Gasteiger partial charge >= 0.3 is 0 Å². The Kier molecular flexibility index (Phi) is 12.3. The van der Waals surface area contributed by atoms with Crippen molar-refractivity contribution in [3.8, 4) is 120 Å². The minimum Gasteiger partial charge on any atom is -0.309 e. The van der Waals surface area contributed by atoms with Gasteiger partial charge in [0.05, 0.1) is 96.9 Å². The molecule has 0 radical (unpaired) electrons. The van der Waals surface area contributed by atoms with Crippen LogP contribution in [0.3, 0.4) is 0 Å². The lowest BCUT2D eigenvalue weighted by atomic mass is 9.96. The highest BCUT2D eigenvalue weighted by atomic mass is 15.0. The second kappa shape index (κ2) is 20.7. The molecule has 0 bridgehead atoms. The fourth-order valence-electron chi connectivity index (χ4n) is 11.7. The topological polar surface area (TPSA) is 142 Å². The molecule has 0 saturated carbocycles. The van der Waals surface area contributed by atoms with Gasteiger partial charge in [0.15, 0.2) is 0 Å². The van der Waals surface area contributed by atoms with Crippen molar-refractivity contribution >= 4 is 43.6 Å². The fourth-order valence-corrected chi connectivity index (χ4v) is 11.7. The summed E-state index contributed by atoms with van der Waals surface area (Å²) in [5.74, 6) is 0. The van der Waals surface area contributed by atoms with Crippen LogP contribution in [0.25, 0.3) is 133 Å². The Hall–Kier alpha value is -12.4. The summed E-state index contributed by atoms with van der Waals surface area (Å²) in [7, 11) is 0. The van der Waals surface area contributed by atoms with Crippen LogP contribution in [0.2, 0.25) is 0 Å². The predicted molar refractivity (Wildman–Crippen MR) is 335 cm³/mol. The first-order valence-electron chi connectivity index (χ1n) is 27.3. The Morgan fingerprint density at radius 1 is 0.250 bits per heavy atom. The van der Waals surface area contributed by atoms with Crippen molar-refractivity contribution < 1.29 is 0 Å². The van der Waals surface area contributed by atoms with E-state index in [4.69, 9.17) is 4.98 Å². The molecule has 0 fully saturated rings. The maximum Gasteiger partial charge on any atom is 0.101 e. The molecule has 0 N–H and O–H groups in total. The smallest absolute Gasteiger partial charge is 0.101 e. The van der Waals surface area contributed by atoms with E-state index in [0.717, 1.165) is 127 Å². The average molecular weight is 1070 g/mol. The number of rotatable bonds is 9. The summed E-state index contributed by atoms with van der Waals surface area (Å²) < 4.78 is 4.48. The van der Waals surface area contributed by atoms with E-state index in [1.54, 1.807) is 0 Å². The van der Waals surface area contributed by atoms with Crippen molar-refractivity contribution in [1.82, 2.24) is 14.1 Å². The summed E-state index contributed by atoms with van der Waals surface area (Å²) >= 11 is 0. The molecule has 3 heterocycles. The van der Waals surface area contributed by atoms with Crippen LogP contribution in [-0.2, 0) is 0 Å². The van der Waals surface area contributed by atoms with Crippen LogP contribution in [0.4, 0.5) is 0 Å². The van der Waals surface area contributed by atoms with Crippen LogP contribution in [0.15, 0.2) is 255 Å². The van der Waals surface area contributed by atoms with Crippen LogP contribution in [-0.4, -0.2) is 14.1 Å². The molecule has 14 rings (SSSR count). The first-order chi connectivity index (χ1) is 41.4. The van der Waals surface area contributed by atoms with Gasteiger partial charge in [-0.05, 0) is 171 Å². The van der Waals surface area contributed by atoms with E-state index in [0.29, 0.717) is 33.5 Å². The number of hydrogen-bond acceptors (Lipinski definition) is 6. The van der Waals surface area contributed by atoms with Gasteiger partial charge in [-0.2, -0.15) is 26.3 Å². The third kappa shape index (κ3) is 8.74. The van der Waals surface area contributed by atoms with E-state index in [2.05, 4.69) is 155 Å². The number of aromatic nitrogens is 3. The first kappa shape index (κ1) is 49.9. The SMILES string of the molecule is N#Cc1ccc(-c2ccc3c(c2)c2cc(-c4ccc(C#N)cc4)ccc2n3-c2cc(-c3cc(-c4ccccc4)nc(-c4ccccc4)c3)c(-n3c4ccc(-c5ccc(C#N)cc5)cc4c4cc(-c5ccc(C#N)cc5)ccc43)cc2C#N)cc1. The third-order valence-electron chi connectivity index (χ3n) is 15.9. The molecular formula is C76H42N8. The lowest BCUT2D eigenvalue weighted by Crippen LogP contribution is -2.04. The van der Waals surface area contributed by atoms with E-state index in [1.807, 2.05) is 140 Å². The number of fused-ring (bicyclic) bond motifs is 6. The van der Waals surface area contributed by atoms with Gasteiger partial charge in [0.25, 0.3) is 0 Å². The Balaban J connectivity index is 1.08. The normalized spacial score (nSPS) is 11.0. The zero-order valence-electron chi connectivity index (χ0n) is 44.8. The minimum atomic E-state index is 0.443. The molecule has 8 nitrogen and oxygen atoms in total. The molecule has 386 valence electrons. The lowest BCUT2D eigenvalue weighted by molar-refractivity contribution is 1.13. The van der Waals surface area contributed by atoms with Gasteiger partial charge in [-0.1, -0.05) is 133 Å². The van der Waals surface area contributed by atoms with Crippen molar-refractivity contribution in [2.75, 3.05) is 0 Å². The van der Waals surface area contributed by atoms with Crippen molar-refractivity contribution in [3.05, 3.63) is 283 Å². The van der Waals surface area contributed by atoms with Crippen LogP contribution < -0.4 is 0 Å². The molecule has 0 aliphatic heterocycles. The van der Waals surface area contributed by atoms with Gasteiger partial charge in [0.2, 0.25) is 0 Å². The fraction of sp³-hybridized carbons (Fsp3) is 0. The van der Waals surface area contributed by atoms with Gasteiger partial charge in [0.1, 0.15) is 6.07 Å². The van der Waals surface area contributed by atoms with E-state index < -0.39 is 0 Å².